The average molecular weight is 537 g/mol. The number of carbonyl (C=O) groups excluding carboxylic acids is 4. The summed E-state index contributed by atoms with van der Waals surface area (Å²) in [5.74, 6) is -2.31. The van der Waals surface area contributed by atoms with E-state index in [-0.39, 0.29) is 30.3 Å². The van der Waals surface area contributed by atoms with Crippen molar-refractivity contribution in [3.63, 3.8) is 0 Å². The third-order valence-corrected chi connectivity index (χ3v) is 9.32. The topological polar surface area (TPSA) is 68.3 Å². The number of Topliss-reactive ketones (excluding diaryl/α,β-unsaturated/α-hetero) is 4. The maximum atomic E-state index is 15.1. The van der Waals surface area contributed by atoms with E-state index in [0.717, 1.165) is 22.3 Å². The summed E-state index contributed by atoms with van der Waals surface area (Å²) in [5.41, 5.74) is -1.52. The molecule has 0 amide bonds. The highest BCUT2D eigenvalue weighted by atomic mass is 16.2. The van der Waals surface area contributed by atoms with E-state index in [9.17, 15) is 9.59 Å². The molecule has 0 saturated heterocycles. The maximum Gasteiger partial charge on any atom is 0.168 e. The Morgan fingerprint density at radius 1 is 0.718 bits per heavy atom. The fraction of sp³-hybridized carbons (Fsp3) is 0.657. The monoisotopic (exact) mass is 536 g/mol. The summed E-state index contributed by atoms with van der Waals surface area (Å²) in [4.78, 5) is 59.4. The highest BCUT2D eigenvalue weighted by Crippen LogP contribution is 2.68. The normalized spacial score (nSPS) is 32.0. The van der Waals surface area contributed by atoms with Crippen molar-refractivity contribution >= 4 is 23.1 Å². The Kier molecular flexibility index (Phi) is 9.80. The predicted octanol–water partition coefficient (Wildman–Crippen LogP) is 8.36. The minimum Gasteiger partial charge on any atom is -0.298 e. The lowest BCUT2D eigenvalue weighted by atomic mass is 9.34. The van der Waals surface area contributed by atoms with Crippen LogP contribution in [0.25, 0.3) is 0 Å². The molecule has 39 heavy (non-hydrogen) atoms. The van der Waals surface area contributed by atoms with Gasteiger partial charge in [0.1, 0.15) is 0 Å². The first-order valence-corrected chi connectivity index (χ1v) is 14.6. The zero-order valence-electron chi connectivity index (χ0n) is 26.6. The van der Waals surface area contributed by atoms with Gasteiger partial charge in [-0.3, -0.25) is 19.2 Å². The van der Waals surface area contributed by atoms with Crippen molar-refractivity contribution in [2.45, 2.75) is 115 Å². The van der Waals surface area contributed by atoms with Gasteiger partial charge in [-0.05, 0) is 100 Å². The first-order chi connectivity index (χ1) is 17.8. The summed E-state index contributed by atoms with van der Waals surface area (Å²) < 4.78 is 0. The van der Waals surface area contributed by atoms with Gasteiger partial charge in [-0.15, -0.1) is 0 Å². The van der Waals surface area contributed by atoms with E-state index in [0.29, 0.717) is 19.3 Å². The van der Waals surface area contributed by atoms with E-state index in [1.54, 1.807) is 20.8 Å². The van der Waals surface area contributed by atoms with E-state index >= 15 is 9.59 Å². The van der Waals surface area contributed by atoms with Crippen molar-refractivity contribution in [1.29, 1.82) is 0 Å². The average Bonchev–Trinajstić information content (AvgIpc) is 2.83. The van der Waals surface area contributed by atoms with E-state index in [1.807, 2.05) is 74.5 Å². The van der Waals surface area contributed by atoms with Crippen molar-refractivity contribution in [3.05, 3.63) is 46.6 Å². The number of carbonyl (C=O) groups is 4. The largest absolute Gasteiger partial charge is 0.298 e. The zero-order chi connectivity index (χ0) is 30.1. The van der Waals surface area contributed by atoms with Gasteiger partial charge in [0.05, 0.1) is 10.8 Å². The minimum atomic E-state index is -1.89. The highest BCUT2D eigenvalue weighted by Gasteiger charge is 2.80. The molecule has 4 heteroatoms. The SMILES string of the molecule is CC(C)=CC[C@H]1C[C@]2(CC=C(C)C)C(=O)[C@](C)(CC=C(C)C)C(=O)[C@@](C(=O)C(C)C)(C2=O)[C@]1(C)CC=C(C)C. The van der Waals surface area contributed by atoms with Gasteiger partial charge < -0.3 is 0 Å². The first kappa shape index (κ1) is 32.8. The Morgan fingerprint density at radius 2 is 1.18 bits per heavy atom. The highest BCUT2D eigenvalue weighted by molar-refractivity contribution is 6.40. The Morgan fingerprint density at radius 3 is 1.64 bits per heavy atom. The summed E-state index contributed by atoms with van der Waals surface area (Å²) in [6.07, 6.45) is 9.87. The van der Waals surface area contributed by atoms with Crippen LogP contribution in [0, 0.1) is 33.5 Å². The third-order valence-electron chi connectivity index (χ3n) is 9.32. The molecule has 0 unspecified atom stereocenters. The van der Waals surface area contributed by atoms with E-state index in [2.05, 4.69) is 12.2 Å². The van der Waals surface area contributed by atoms with Crippen LogP contribution in [0.4, 0.5) is 0 Å². The zero-order valence-corrected chi connectivity index (χ0v) is 26.6. The summed E-state index contributed by atoms with van der Waals surface area (Å²) in [7, 11) is 0. The molecule has 2 aliphatic carbocycles. The maximum absolute atomic E-state index is 15.1. The second-order valence-corrected chi connectivity index (χ2v) is 14.0. The molecular weight excluding hydrogens is 484 g/mol. The van der Waals surface area contributed by atoms with Crippen LogP contribution in [-0.4, -0.2) is 23.1 Å². The predicted molar refractivity (Wildman–Crippen MR) is 160 cm³/mol. The lowest BCUT2D eigenvalue weighted by Crippen LogP contribution is -2.77. The van der Waals surface area contributed by atoms with Gasteiger partial charge in [-0.1, -0.05) is 67.4 Å². The third kappa shape index (κ3) is 5.37. The van der Waals surface area contributed by atoms with Gasteiger partial charge in [0.2, 0.25) is 0 Å². The van der Waals surface area contributed by atoms with Crippen molar-refractivity contribution < 1.29 is 19.2 Å². The number of hydrogen-bond donors (Lipinski definition) is 0. The molecule has 2 bridgehead atoms. The van der Waals surface area contributed by atoms with Gasteiger partial charge in [0.15, 0.2) is 28.5 Å². The standard InChI is InChI=1S/C35H52O4/c1-22(2)13-14-27-21-34(20-17-25(7)8)29(37)32(11,18-15-23(3)4)30(38)35(31(34)39,28(36)26(9)10)33(27,12)19-16-24(5)6/h13,15-17,26-27H,14,18-21H2,1-12H3/t27-,32-,33+,34+,35-/m0/s1. The Hall–Kier alpha value is -2.36. The Balaban J connectivity index is 3.16. The number of hydrogen-bond acceptors (Lipinski definition) is 4. The van der Waals surface area contributed by atoms with Crippen LogP contribution < -0.4 is 0 Å². The quantitative estimate of drug-likeness (QED) is 0.208. The van der Waals surface area contributed by atoms with Gasteiger partial charge >= 0.3 is 0 Å². The molecule has 2 aliphatic rings. The van der Waals surface area contributed by atoms with E-state index < -0.39 is 39.1 Å². The minimum absolute atomic E-state index is 0.196. The summed E-state index contributed by atoms with van der Waals surface area (Å²) in [6, 6.07) is 0. The fourth-order valence-corrected chi connectivity index (χ4v) is 6.90. The molecule has 2 saturated carbocycles. The van der Waals surface area contributed by atoms with Crippen molar-refractivity contribution in [2.24, 2.45) is 33.5 Å². The van der Waals surface area contributed by atoms with Crippen LogP contribution in [0.3, 0.4) is 0 Å². The molecular formula is C35H52O4. The molecule has 0 aromatic rings. The fourth-order valence-electron chi connectivity index (χ4n) is 6.90. The van der Waals surface area contributed by atoms with Crippen LogP contribution in [0.1, 0.15) is 115 Å². The second kappa shape index (κ2) is 11.6. The van der Waals surface area contributed by atoms with Gasteiger partial charge in [0.25, 0.3) is 0 Å². The van der Waals surface area contributed by atoms with E-state index in [1.165, 1.54) is 0 Å². The number of rotatable bonds is 10. The molecule has 0 heterocycles. The van der Waals surface area contributed by atoms with Crippen LogP contribution >= 0.6 is 0 Å². The molecule has 216 valence electrons. The summed E-state index contributed by atoms with van der Waals surface area (Å²) in [6.45, 7) is 23.1. The van der Waals surface area contributed by atoms with E-state index in [4.69, 9.17) is 0 Å². The second-order valence-electron chi connectivity index (χ2n) is 14.0. The van der Waals surface area contributed by atoms with Crippen LogP contribution in [0.15, 0.2) is 46.6 Å². The lowest BCUT2D eigenvalue weighted by molar-refractivity contribution is -0.194. The number of fused-ring (bicyclic) bond motifs is 2. The molecule has 2 rings (SSSR count). The van der Waals surface area contributed by atoms with Crippen molar-refractivity contribution in [3.8, 4) is 0 Å². The molecule has 4 nitrogen and oxygen atoms in total. The first-order valence-electron chi connectivity index (χ1n) is 14.6. The summed E-state index contributed by atoms with van der Waals surface area (Å²) >= 11 is 0. The van der Waals surface area contributed by atoms with Crippen molar-refractivity contribution in [2.75, 3.05) is 0 Å². The Bertz CT molecular complexity index is 1140. The molecule has 0 radical (unpaired) electrons. The van der Waals surface area contributed by atoms with Crippen molar-refractivity contribution in [1.82, 2.24) is 0 Å². The molecule has 0 aromatic carbocycles. The molecule has 0 aromatic heterocycles. The molecule has 0 spiro atoms. The molecule has 2 fully saturated rings. The smallest absolute Gasteiger partial charge is 0.168 e. The number of allylic oxidation sites excluding steroid dienone is 8. The Labute approximate surface area is 237 Å². The van der Waals surface area contributed by atoms with Gasteiger partial charge in [0, 0.05) is 11.3 Å². The number of ketones is 4. The molecule has 5 atom stereocenters. The molecule has 0 N–H and O–H groups in total. The van der Waals surface area contributed by atoms with Crippen LogP contribution in [0.5, 0.6) is 0 Å². The van der Waals surface area contributed by atoms with Crippen LogP contribution in [0.2, 0.25) is 0 Å². The van der Waals surface area contributed by atoms with Gasteiger partial charge in [-0.2, -0.15) is 0 Å². The lowest BCUT2D eigenvalue weighted by Gasteiger charge is -2.63. The van der Waals surface area contributed by atoms with Crippen LogP contribution in [-0.2, 0) is 19.2 Å². The molecule has 0 aliphatic heterocycles. The summed E-state index contributed by atoms with van der Waals surface area (Å²) in [5, 5.41) is 0. The van der Waals surface area contributed by atoms with Gasteiger partial charge in [-0.25, -0.2) is 0 Å².